The predicted molar refractivity (Wildman–Crippen MR) is 16.6 cm³/mol. The van der Waals surface area contributed by atoms with E-state index in [0.29, 0.717) is 0 Å². The molecule has 6 heavy (non-hydrogen) atoms. The molecule has 0 saturated carbocycles. The molecule has 47 valence electrons. The summed E-state index contributed by atoms with van der Waals surface area (Å²) in [7, 11) is 1.45. The van der Waals surface area contributed by atoms with Crippen molar-refractivity contribution in [3.8, 4) is 0 Å². The van der Waals surface area contributed by atoms with Gasteiger partial charge in [-0.15, -0.1) is 0 Å². The molecule has 0 unspecified atom stereocenters. The van der Waals surface area contributed by atoms with Crippen LogP contribution in [0.3, 0.4) is 0 Å². The average molecular weight is 384 g/mol. The predicted octanol–water partition coefficient (Wildman–Crippen LogP) is 1.02. The van der Waals surface area contributed by atoms with Gasteiger partial charge in [0, 0.05) is 55.2 Å². The smallest absolute Gasteiger partial charge is 0 e. The van der Waals surface area contributed by atoms with E-state index in [2.05, 4.69) is 11.7 Å². The van der Waals surface area contributed by atoms with Crippen LogP contribution in [0.15, 0.2) is 0 Å². The zero-order valence-corrected chi connectivity index (χ0v) is 9.88. The normalized spacial score (nSPS) is 2.83. The third kappa shape index (κ3) is 27.4. The molecule has 0 bridgehead atoms. The molecule has 0 aromatic heterocycles. The van der Waals surface area contributed by atoms with Crippen molar-refractivity contribution in [2.45, 2.75) is 0 Å². The van der Waals surface area contributed by atoms with Crippen LogP contribution in [0, 0.1) is 0 Å². The van der Waals surface area contributed by atoms with Crippen molar-refractivity contribution < 1.29 is 73.7 Å². The van der Waals surface area contributed by atoms with Crippen molar-refractivity contribution in [3.05, 3.63) is 0 Å². The molecule has 0 aliphatic rings. The Hall–Kier alpha value is 3.12. The van der Waals surface area contributed by atoms with E-state index in [1.807, 2.05) is 18.5 Å². The fourth-order valence-electron chi connectivity index (χ4n) is 0. The van der Waals surface area contributed by atoms with Gasteiger partial charge in [-0.05, 0) is 0 Å². The molecule has 0 aliphatic heterocycles. The van der Waals surface area contributed by atoms with Gasteiger partial charge in [-0.2, -0.15) is 0 Å². The maximum absolute atomic E-state index is 3.71. The molecule has 2 radical (unpaired) electrons. The van der Waals surface area contributed by atoms with Crippen LogP contribution >= 0.6 is 20.2 Å². The SMILES string of the molecule is S[S][Mo].[Cu].[Cu].[Mo]. The van der Waals surface area contributed by atoms with E-state index in [1.54, 1.807) is 0 Å². The van der Waals surface area contributed by atoms with Gasteiger partial charge in [0.05, 0.1) is 0 Å². The van der Waals surface area contributed by atoms with E-state index in [9.17, 15) is 0 Å². The molecule has 0 spiro atoms. The summed E-state index contributed by atoms with van der Waals surface area (Å²) >= 11 is 5.56. The molecule has 6 heteroatoms. The second-order valence-electron chi connectivity index (χ2n) is 0.0745. The molecule has 0 heterocycles. The van der Waals surface area contributed by atoms with Crippen molar-refractivity contribution >= 4 is 20.2 Å². The summed E-state index contributed by atoms with van der Waals surface area (Å²) in [5.74, 6) is 0. The Morgan fingerprint density at radius 2 is 1.33 bits per heavy atom. The van der Waals surface area contributed by atoms with Crippen LogP contribution in [-0.2, 0) is 73.7 Å². The molecular weight excluding hydrogens is 383 g/mol. The van der Waals surface area contributed by atoms with Crippen molar-refractivity contribution in [2.75, 3.05) is 0 Å². The Morgan fingerprint density at radius 1 is 1.33 bits per heavy atom. The first kappa shape index (κ1) is 22.9. The van der Waals surface area contributed by atoms with Gasteiger partial charge in [0.1, 0.15) is 0 Å². The molecule has 0 atom stereocenters. The van der Waals surface area contributed by atoms with Gasteiger partial charge in [-0.3, -0.25) is 0 Å². The van der Waals surface area contributed by atoms with Gasteiger partial charge in [0.2, 0.25) is 0 Å². The first-order valence-electron chi connectivity index (χ1n) is 0.349. The zero-order chi connectivity index (χ0) is 2.71. The standard InChI is InChI=1S/2Cu.2Mo.H2S2/c;;;;1-2/h;;;;1-2H/q;;;+1;/p-1. The van der Waals surface area contributed by atoms with E-state index in [1.165, 1.54) is 8.50 Å². The van der Waals surface area contributed by atoms with Gasteiger partial charge in [0.15, 0.2) is 0 Å². The van der Waals surface area contributed by atoms with Crippen LogP contribution in [0.5, 0.6) is 0 Å². The van der Waals surface area contributed by atoms with Crippen LogP contribution in [0.25, 0.3) is 0 Å². The monoisotopic (exact) mass is 387 g/mol. The number of thiol groups is 1. The summed E-state index contributed by atoms with van der Waals surface area (Å²) in [6, 6.07) is 0. The van der Waals surface area contributed by atoms with E-state index >= 15 is 0 Å². The van der Waals surface area contributed by atoms with Crippen LogP contribution in [0.4, 0.5) is 0 Å². The fourth-order valence-corrected chi connectivity index (χ4v) is 0. The van der Waals surface area contributed by atoms with Gasteiger partial charge in [0.25, 0.3) is 0 Å². The molecule has 0 rings (SSSR count). The largest absolute Gasteiger partial charge is 0 e. The first-order chi connectivity index (χ1) is 1.41. The van der Waals surface area contributed by atoms with Gasteiger partial charge >= 0.3 is 38.7 Å². The maximum atomic E-state index is 3.71. The molecular formula is HCu2Mo2S2. The molecule has 0 aliphatic carbocycles. The third-order valence-corrected chi connectivity index (χ3v) is 0. The molecule has 0 fully saturated rings. The molecule has 0 amide bonds. The summed E-state index contributed by atoms with van der Waals surface area (Å²) in [5, 5.41) is 0. The van der Waals surface area contributed by atoms with Crippen molar-refractivity contribution in [1.29, 1.82) is 0 Å². The van der Waals surface area contributed by atoms with E-state index in [0.717, 1.165) is 0 Å². The second-order valence-corrected chi connectivity index (χ2v) is 3.97. The van der Waals surface area contributed by atoms with E-state index in [-0.39, 0.29) is 55.2 Å². The number of hydrogen-bond acceptors (Lipinski definition) is 2. The number of rotatable bonds is 0. The zero-order valence-electron chi connectivity index (χ0n) is 2.27. The fraction of sp³-hybridized carbons (Fsp3) is 0. The summed E-state index contributed by atoms with van der Waals surface area (Å²) in [4.78, 5) is 0. The van der Waals surface area contributed by atoms with Crippen molar-refractivity contribution in [2.24, 2.45) is 0 Å². The van der Waals surface area contributed by atoms with E-state index < -0.39 is 0 Å². The molecule has 0 saturated heterocycles. The maximum Gasteiger partial charge on any atom is 0 e. The van der Waals surface area contributed by atoms with Crippen molar-refractivity contribution in [1.82, 2.24) is 0 Å². The van der Waals surface area contributed by atoms with Crippen LogP contribution in [0.1, 0.15) is 0 Å². The summed E-state index contributed by atoms with van der Waals surface area (Å²) in [5.41, 5.74) is 0. The summed E-state index contributed by atoms with van der Waals surface area (Å²) < 4.78 is 0. The minimum absolute atomic E-state index is 0. The first-order valence-corrected chi connectivity index (χ1v) is 4.60. The Balaban J connectivity index is -0.00000000667. The van der Waals surface area contributed by atoms with Crippen LogP contribution in [-0.4, -0.2) is 0 Å². The van der Waals surface area contributed by atoms with Gasteiger partial charge in [-0.1, -0.05) is 0 Å². The minimum atomic E-state index is 0. The molecule has 0 nitrogen and oxygen atoms in total. The Bertz CT molecular complexity index is 9.51. The van der Waals surface area contributed by atoms with Gasteiger partial charge < -0.3 is 0 Å². The summed E-state index contributed by atoms with van der Waals surface area (Å²) in [6.45, 7) is 0. The van der Waals surface area contributed by atoms with Crippen molar-refractivity contribution in [3.63, 3.8) is 0 Å². The molecule has 0 aromatic rings. The topological polar surface area (TPSA) is 0 Å². The quantitative estimate of drug-likeness (QED) is 0.370. The third-order valence-electron chi connectivity index (χ3n) is 0. The molecule has 0 aromatic carbocycles. The van der Waals surface area contributed by atoms with Crippen LogP contribution < -0.4 is 0 Å². The second kappa shape index (κ2) is 24.3. The molecule has 0 N–H and O–H groups in total. The number of hydrogen-bond donors (Lipinski definition) is 1. The average Bonchev–Trinajstić information content (AvgIpc) is 0.918. The summed E-state index contributed by atoms with van der Waals surface area (Å²) in [6.07, 6.45) is 0. The Labute approximate surface area is 92.4 Å². The minimum Gasteiger partial charge on any atom is 0 e. The van der Waals surface area contributed by atoms with E-state index in [4.69, 9.17) is 0 Å². The Morgan fingerprint density at radius 3 is 1.33 bits per heavy atom. The van der Waals surface area contributed by atoms with Crippen LogP contribution in [0.2, 0.25) is 0 Å². The van der Waals surface area contributed by atoms with Gasteiger partial charge in [-0.25, -0.2) is 0 Å². The Kier molecular flexibility index (Phi) is 92.8.